The maximum absolute atomic E-state index is 4.80. The molecule has 0 aromatic heterocycles. The Bertz CT molecular complexity index is 75.0. The quantitative estimate of drug-likeness (QED) is 0.296. The van der Waals surface area contributed by atoms with Gasteiger partial charge < -0.3 is 5.84 Å². The van der Waals surface area contributed by atoms with Gasteiger partial charge in [0.1, 0.15) is 0 Å². The average Bonchev–Trinajstić information content (AvgIpc) is 1.55. The van der Waals surface area contributed by atoms with Crippen molar-refractivity contribution >= 4 is 0 Å². The summed E-state index contributed by atoms with van der Waals surface area (Å²) in [6.07, 6.45) is 3.66. The van der Waals surface area contributed by atoms with Gasteiger partial charge in [0.05, 0.1) is 6.04 Å². The molecule has 1 aliphatic rings. The maximum atomic E-state index is 4.80. The smallest absolute Gasteiger partial charge is 0.0729 e. The van der Waals surface area contributed by atoms with E-state index in [-0.39, 0.29) is 0 Å². The Hall–Kier alpha value is -0.600. The molecule has 1 rings (SSSR count). The second kappa shape index (κ2) is 1.91. The van der Waals surface area contributed by atoms with Crippen LogP contribution in [0, 0.1) is 0 Å². The molecule has 3 nitrogen and oxygen atoms in total. The molecule has 0 aromatic rings. The molecule has 0 unspecified atom stereocenters. The second-order valence-electron chi connectivity index (χ2n) is 1.82. The average molecular weight is 99.1 g/mol. The minimum atomic E-state index is 0.463. The molecule has 1 saturated carbocycles. The monoisotopic (exact) mass is 99.1 g/mol. The van der Waals surface area contributed by atoms with E-state index in [4.69, 9.17) is 5.84 Å². The molecule has 3 heteroatoms. The summed E-state index contributed by atoms with van der Waals surface area (Å²) in [5.41, 5.74) is 0. The third kappa shape index (κ3) is 0.885. The van der Waals surface area contributed by atoms with E-state index in [0.717, 1.165) is 0 Å². The molecule has 7 heavy (non-hydrogen) atoms. The summed E-state index contributed by atoms with van der Waals surface area (Å²) < 4.78 is 0. The predicted octanol–water partition coefficient (Wildman–Crippen LogP) is 0.865. The van der Waals surface area contributed by atoms with Gasteiger partial charge in [-0.1, -0.05) is 5.22 Å². The standard InChI is InChI=1S/C4H9N3/c5-7-6-4-2-1-3-4/h4H,1-3H2,(H2,5,6). The molecule has 1 aliphatic carbocycles. The number of hydrogen-bond donors (Lipinski definition) is 1. The molecule has 0 atom stereocenters. The van der Waals surface area contributed by atoms with Crippen molar-refractivity contribution in [2.45, 2.75) is 25.3 Å². The molecule has 1 fully saturated rings. The summed E-state index contributed by atoms with van der Waals surface area (Å²) in [6, 6.07) is 0.463. The lowest BCUT2D eigenvalue weighted by molar-refractivity contribution is 0.402. The van der Waals surface area contributed by atoms with Crippen LogP contribution in [-0.4, -0.2) is 6.04 Å². The van der Waals surface area contributed by atoms with Crippen LogP contribution in [0.1, 0.15) is 19.3 Å². The number of rotatable bonds is 1. The third-order valence-electron chi connectivity index (χ3n) is 1.30. The van der Waals surface area contributed by atoms with E-state index in [9.17, 15) is 0 Å². The first-order chi connectivity index (χ1) is 3.43. The van der Waals surface area contributed by atoms with Crippen LogP contribution in [0.2, 0.25) is 0 Å². The lowest BCUT2D eigenvalue weighted by Gasteiger charge is -2.18. The summed E-state index contributed by atoms with van der Waals surface area (Å²) in [6.45, 7) is 0. The second-order valence-corrected chi connectivity index (χ2v) is 1.82. The molecule has 0 radical (unpaired) electrons. The normalized spacial score (nSPS) is 22.9. The fourth-order valence-electron chi connectivity index (χ4n) is 0.596. The van der Waals surface area contributed by atoms with E-state index in [2.05, 4.69) is 10.3 Å². The van der Waals surface area contributed by atoms with Gasteiger partial charge in [-0.05, 0) is 19.3 Å². The zero-order valence-corrected chi connectivity index (χ0v) is 4.17. The van der Waals surface area contributed by atoms with Crippen LogP contribution in [0.5, 0.6) is 0 Å². The highest BCUT2D eigenvalue weighted by molar-refractivity contribution is 4.73. The summed E-state index contributed by atoms with van der Waals surface area (Å²) in [5, 5.41) is 6.92. The Morgan fingerprint density at radius 2 is 2.14 bits per heavy atom. The Labute approximate surface area is 42.6 Å². The topological polar surface area (TPSA) is 50.7 Å². The number of nitrogens with zero attached hydrogens (tertiary/aromatic N) is 2. The fourth-order valence-corrected chi connectivity index (χ4v) is 0.596. The highest BCUT2D eigenvalue weighted by Crippen LogP contribution is 2.21. The molecular formula is C4H9N3. The Kier molecular flexibility index (Phi) is 1.24. The molecule has 0 spiro atoms. The summed E-state index contributed by atoms with van der Waals surface area (Å²) in [4.78, 5) is 0. The van der Waals surface area contributed by atoms with Crippen LogP contribution in [0.4, 0.5) is 0 Å². The molecule has 0 aliphatic heterocycles. The largest absolute Gasteiger partial charge is 0.305 e. The number of hydrogen-bond acceptors (Lipinski definition) is 2. The van der Waals surface area contributed by atoms with Gasteiger partial charge in [-0.15, -0.1) is 0 Å². The van der Waals surface area contributed by atoms with Gasteiger partial charge in [0.25, 0.3) is 0 Å². The van der Waals surface area contributed by atoms with Crippen molar-refractivity contribution in [3.05, 3.63) is 0 Å². The molecule has 40 valence electrons. The molecular weight excluding hydrogens is 90.1 g/mol. The lowest BCUT2D eigenvalue weighted by atomic mass is 9.94. The van der Waals surface area contributed by atoms with Gasteiger partial charge in [0, 0.05) is 0 Å². The third-order valence-corrected chi connectivity index (χ3v) is 1.30. The Morgan fingerprint density at radius 1 is 1.43 bits per heavy atom. The summed E-state index contributed by atoms with van der Waals surface area (Å²) in [5.74, 6) is 4.80. The molecule has 0 bridgehead atoms. The van der Waals surface area contributed by atoms with Gasteiger partial charge in [-0.25, -0.2) is 0 Å². The van der Waals surface area contributed by atoms with E-state index in [1.165, 1.54) is 19.3 Å². The van der Waals surface area contributed by atoms with Crippen molar-refractivity contribution < 1.29 is 0 Å². The van der Waals surface area contributed by atoms with Gasteiger partial charge >= 0.3 is 0 Å². The molecule has 0 saturated heterocycles. The first kappa shape index (κ1) is 4.56. The van der Waals surface area contributed by atoms with E-state index < -0.39 is 0 Å². The molecule has 0 amide bonds. The fraction of sp³-hybridized carbons (Fsp3) is 1.00. The molecule has 0 aromatic carbocycles. The van der Waals surface area contributed by atoms with Crippen molar-refractivity contribution in [3.63, 3.8) is 0 Å². The minimum absolute atomic E-state index is 0.463. The van der Waals surface area contributed by atoms with E-state index in [1.807, 2.05) is 0 Å². The maximum Gasteiger partial charge on any atom is 0.0729 e. The van der Waals surface area contributed by atoms with Crippen molar-refractivity contribution in [2.24, 2.45) is 16.2 Å². The van der Waals surface area contributed by atoms with Gasteiger partial charge in [0.2, 0.25) is 0 Å². The van der Waals surface area contributed by atoms with Gasteiger partial charge in [-0.2, -0.15) is 5.11 Å². The molecule has 2 N–H and O–H groups in total. The van der Waals surface area contributed by atoms with E-state index >= 15 is 0 Å². The summed E-state index contributed by atoms with van der Waals surface area (Å²) >= 11 is 0. The van der Waals surface area contributed by atoms with E-state index in [0.29, 0.717) is 6.04 Å². The SMILES string of the molecule is NN=NC1CCC1. The van der Waals surface area contributed by atoms with Crippen LogP contribution in [0.25, 0.3) is 0 Å². The van der Waals surface area contributed by atoms with Crippen molar-refractivity contribution in [3.8, 4) is 0 Å². The van der Waals surface area contributed by atoms with Crippen molar-refractivity contribution in [1.82, 2.24) is 0 Å². The minimum Gasteiger partial charge on any atom is -0.305 e. The van der Waals surface area contributed by atoms with Crippen LogP contribution in [-0.2, 0) is 0 Å². The van der Waals surface area contributed by atoms with Crippen molar-refractivity contribution in [2.75, 3.05) is 0 Å². The first-order valence-electron chi connectivity index (χ1n) is 2.53. The summed E-state index contributed by atoms with van der Waals surface area (Å²) in [7, 11) is 0. The Morgan fingerprint density at radius 3 is 2.29 bits per heavy atom. The van der Waals surface area contributed by atoms with Crippen LogP contribution in [0.3, 0.4) is 0 Å². The van der Waals surface area contributed by atoms with Crippen LogP contribution < -0.4 is 5.84 Å². The van der Waals surface area contributed by atoms with Crippen LogP contribution >= 0.6 is 0 Å². The Balaban J connectivity index is 2.14. The highest BCUT2D eigenvalue weighted by Gasteiger charge is 2.15. The predicted molar refractivity (Wildman–Crippen MR) is 26.7 cm³/mol. The number of nitrogens with two attached hydrogens (primary N) is 1. The van der Waals surface area contributed by atoms with Crippen LogP contribution in [0.15, 0.2) is 10.3 Å². The lowest BCUT2D eigenvalue weighted by Crippen LogP contribution is -2.14. The first-order valence-corrected chi connectivity index (χ1v) is 2.53. The van der Waals surface area contributed by atoms with Crippen molar-refractivity contribution in [1.29, 1.82) is 0 Å². The zero-order valence-electron chi connectivity index (χ0n) is 4.17. The van der Waals surface area contributed by atoms with Gasteiger partial charge in [-0.3, -0.25) is 0 Å². The van der Waals surface area contributed by atoms with E-state index in [1.54, 1.807) is 0 Å². The molecule has 0 heterocycles. The zero-order chi connectivity index (χ0) is 5.11. The van der Waals surface area contributed by atoms with Gasteiger partial charge in [0.15, 0.2) is 0 Å². The highest BCUT2D eigenvalue weighted by atomic mass is 15.3.